The van der Waals surface area contributed by atoms with Gasteiger partial charge in [-0.3, -0.25) is 9.69 Å². The fourth-order valence-corrected chi connectivity index (χ4v) is 4.83. The molecule has 2 aromatic carbocycles. The summed E-state index contributed by atoms with van der Waals surface area (Å²) in [7, 11) is 0. The Morgan fingerprint density at radius 1 is 1.19 bits per heavy atom. The molecule has 0 bridgehead atoms. The molecule has 0 radical (unpaired) electrons. The molecule has 0 aliphatic carbocycles. The van der Waals surface area contributed by atoms with Gasteiger partial charge in [-0.2, -0.15) is 5.26 Å². The lowest BCUT2D eigenvalue weighted by Gasteiger charge is -2.42. The van der Waals surface area contributed by atoms with Crippen molar-refractivity contribution >= 4 is 39.3 Å². The molecule has 2 aliphatic heterocycles. The number of carbonyl (C=O) groups is 1. The fourth-order valence-electron chi connectivity index (χ4n) is 3.40. The van der Waals surface area contributed by atoms with Crippen molar-refractivity contribution < 1.29 is 9.18 Å². The molecule has 1 saturated heterocycles. The third-order valence-corrected chi connectivity index (χ3v) is 6.44. The van der Waals surface area contributed by atoms with Crippen LogP contribution in [0.3, 0.4) is 0 Å². The van der Waals surface area contributed by atoms with E-state index in [9.17, 15) is 14.4 Å². The Labute approximate surface area is 169 Å². The standard InChI is InChI=1S/C20H15BrFN3OS/c21-14-7-5-13(6-8-14)15-9-19(26)25-11-24(12-27-20(25)16(15)10-23)18-4-2-1-3-17(18)22/h1-8,15H,9,11-12H2. The minimum absolute atomic E-state index is 0.0505. The molecule has 1 amide bonds. The Balaban J connectivity index is 1.68. The number of halogens is 2. The summed E-state index contributed by atoms with van der Waals surface area (Å²) in [6, 6.07) is 16.6. The molecule has 136 valence electrons. The maximum atomic E-state index is 14.1. The van der Waals surface area contributed by atoms with Crippen LogP contribution in [0.2, 0.25) is 0 Å². The third kappa shape index (κ3) is 3.35. The zero-order valence-corrected chi connectivity index (χ0v) is 16.6. The summed E-state index contributed by atoms with van der Waals surface area (Å²) in [4.78, 5) is 16.3. The van der Waals surface area contributed by atoms with Crippen molar-refractivity contribution in [3.05, 3.63) is 75.0 Å². The van der Waals surface area contributed by atoms with Crippen molar-refractivity contribution in [2.45, 2.75) is 12.3 Å². The van der Waals surface area contributed by atoms with Gasteiger partial charge in [-0.15, -0.1) is 0 Å². The lowest BCUT2D eigenvalue weighted by atomic mass is 9.86. The first-order valence-electron chi connectivity index (χ1n) is 8.41. The van der Waals surface area contributed by atoms with Crippen LogP contribution in [0.4, 0.5) is 10.1 Å². The average molecular weight is 444 g/mol. The Bertz CT molecular complexity index is 970. The van der Waals surface area contributed by atoms with Crippen LogP contribution in [0.15, 0.2) is 63.6 Å². The SMILES string of the molecule is N#CC1=C2SCN(c3ccccc3F)CN2C(=O)CC1c1ccc(Br)cc1. The largest absolute Gasteiger partial charge is 0.341 e. The smallest absolute Gasteiger partial charge is 0.229 e. The van der Waals surface area contributed by atoms with Crippen LogP contribution in [0.5, 0.6) is 0 Å². The number of allylic oxidation sites excluding steroid dienone is 1. The highest BCUT2D eigenvalue weighted by Gasteiger charge is 2.38. The lowest BCUT2D eigenvalue weighted by molar-refractivity contribution is -0.129. The summed E-state index contributed by atoms with van der Waals surface area (Å²) in [6.07, 6.45) is 0.236. The summed E-state index contributed by atoms with van der Waals surface area (Å²) in [5.74, 6) is -0.124. The molecule has 2 heterocycles. The van der Waals surface area contributed by atoms with E-state index in [4.69, 9.17) is 0 Å². The maximum absolute atomic E-state index is 14.1. The highest BCUT2D eigenvalue weighted by molar-refractivity contribution is 9.10. The van der Waals surface area contributed by atoms with E-state index in [1.807, 2.05) is 29.2 Å². The van der Waals surface area contributed by atoms with Crippen molar-refractivity contribution in [3.63, 3.8) is 0 Å². The molecule has 2 aromatic rings. The molecule has 27 heavy (non-hydrogen) atoms. The molecule has 0 spiro atoms. The summed E-state index contributed by atoms with van der Waals surface area (Å²) >= 11 is 4.82. The number of nitrogens with zero attached hydrogens (tertiary/aromatic N) is 3. The van der Waals surface area contributed by atoms with E-state index < -0.39 is 0 Å². The molecule has 7 heteroatoms. The lowest BCUT2D eigenvalue weighted by Crippen LogP contribution is -2.47. The second-order valence-corrected chi connectivity index (χ2v) is 8.22. The Morgan fingerprint density at radius 3 is 2.63 bits per heavy atom. The van der Waals surface area contributed by atoms with Gasteiger partial charge in [0.05, 0.1) is 34.9 Å². The molecule has 1 atom stereocenters. The van der Waals surface area contributed by atoms with E-state index in [0.717, 1.165) is 10.0 Å². The number of fused-ring (bicyclic) bond motifs is 1. The zero-order valence-electron chi connectivity index (χ0n) is 14.2. The molecule has 0 saturated carbocycles. The highest BCUT2D eigenvalue weighted by atomic mass is 79.9. The third-order valence-electron chi connectivity index (χ3n) is 4.76. The van der Waals surface area contributed by atoms with Crippen LogP contribution in [0.25, 0.3) is 0 Å². The molecule has 2 aliphatic rings. The van der Waals surface area contributed by atoms with Crippen molar-refractivity contribution in [2.24, 2.45) is 0 Å². The number of para-hydroxylation sites is 1. The maximum Gasteiger partial charge on any atom is 0.229 e. The number of thioether (sulfide) groups is 1. The number of benzene rings is 2. The second-order valence-electron chi connectivity index (χ2n) is 6.37. The van der Waals surface area contributed by atoms with E-state index in [2.05, 4.69) is 22.0 Å². The van der Waals surface area contributed by atoms with E-state index in [1.54, 1.807) is 23.1 Å². The van der Waals surface area contributed by atoms with Crippen LogP contribution in [0, 0.1) is 17.1 Å². The minimum atomic E-state index is -0.316. The minimum Gasteiger partial charge on any atom is -0.341 e. The van der Waals surface area contributed by atoms with Crippen LogP contribution in [0.1, 0.15) is 17.9 Å². The highest BCUT2D eigenvalue weighted by Crippen LogP contribution is 2.43. The van der Waals surface area contributed by atoms with Gasteiger partial charge >= 0.3 is 0 Å². The van der Waals surface area contributed by atoms with Gasteiger partial charge in [-0.25, -0.2) is 4.39 Å². The van der Waals surface area contributed by atoms with Gasteiger partial charge in [0, 0.05) is 16.8 Å². The molecule has 0 N–H and O–H groups in total. The number of hydrogen-bond donors (Lipinski definition) is 0. The monoisotopic (exact) mass is 443 g/mol. The van der Waals surface area contributed by atoms with Crippen molar-refractivity contribution in [1.82, 2.24) is 4.90 Å². The Hall–Kier alpha value is -2.30. The van der Waals surface area contributed by atoms with E-state index >= 15 is 0 Å². The topological polar surface area (TPSA) is 47.3 Å². The molecule has 1 fully saturated rings. The second kappa shape index (κ2) is 7.37. The number of nitriles is 1. The molecular weight excluding hydrogens is 429 g/mol. The molecule has 4 nitrogen and oxygen atoms in total. The number of rotatable bonds is 2. The van der Waals surface area contributed by atoms with E-state index in [1.165, 1.54) is 17.8 Å². The van der Waals surface area contributed by atoms with E-state index in [0.29, 0.717) is 22.2 Å². The molecule has 0 aromatic heterocycles. The van der Waals surface area contributed by atoms with E-state index in [-0.39, 0.29) is 30.7 Å². The van der Waals surface area contributed by atoms with Gasteiger partial charge in [0.25, 0.3) is 0 Å². The molecular formula is C20H15BrFN3OS. The molecule has 4 rings (SSSR count). The van der Waals surface area contributed by atoms with Crippen molar-refractivity contribution in [3.8, 4) is 6.07 Å². The van der Waals surface area contributed by atoms with Crippen LogP contribution < -0.4 is 4.90 Å². The van der Waals surface area contributed by atoms with Gasteiger partial charge in [0.2, 0.25) is 5.91 Å². The molecule has 1 unspecified atom stereocenters. The van der Waals surface area contributed by atoms with Gasteiger partial charge in [-0.05, 0) is 29.8 Å². The number of hydrogen-bond acceptors (Lipinski definition) is 4. The van der Waals surface area contributed by atoms with Gasteiger partial charge < -0.3 is 4.90 Å². The summed E-state index contributed by atoms with van der Waals surface area (Å²) in [5.41, 5.74) is 2.02. The number of amides is 1. The zero-order chi connectivity index (χ0) is 19.0. The summed E-state index contributed by atoms with van der Waals surface area (Å²) < 4.78 is 15.1. The summed E-state index contributed by atoms with van der Waals surface area (Å²) in [6.45, 7) is 0.250. The van der Waals surface area contributed by atoms with Crippen molar-refractivity contribution in [2.75, 3.05) is 17.4 Å². The first-order valence-corrected chi connectivity index (χ1v) is 10.2. The Morgan fingerprint density at radius 2 is 1.93 bits per heavy atom. The van der Waals surface area contributed by atoms with Crippen molar-refractivity contribution in [1.29, 1.82) is 5.26 Å². The fraction of sp³-hybridized carbons (Fsp3) is 0.200. The predicted molar refractivity (Wildman–Crippen MR) is 107 cm³/mol. The predicted octanol–water partition coefficient (Wildman–Crippen LogP) is 4.81. The normalized spacial score (nSPS) is 19.7. The quantitative estimate of drug-likeness (QED) is 0.667. The van der Waals surface area contributed by atoms with Gasteiger partial charge in [0.1, 0.15) is 5.82 Å². The Kier molecular flexibility index (Phi) is 4.94. The van der Waals surface area contributed by atoms with Gasteiger partial charge in [0.15, 0.2) is 0 Å². The first kappa shape index (κ1) is 18.1. The number of anilines is 1. The van der Waals surface area contributed by atoms with Crippen LogP contribution in [-0.2, 0) is 4.79 Å². The van der Waals surface area contributed by atoms with Crippen LogP contribution >= 0.6 is 27.7 Å². The van der Waals surface area contributed by atoms with Gasteiger partial charge in [-0.1, -0.05) is 52.0 Å². The summed E-state index contributed by atoms with van der Waals surface area (Å²) in [5, 5.41) is 10.5. The van der Waals surface area contributed by atoms with Crippen LogP contribution in [-0.4, -0.2) is 23.4 Å². The average Bonchev–Trinajstić information content (AvgIpc) is 2.69. The first-order chi connectivity index (χ1) is 13.1. The number of carbonyl (C=O) groups excluding carboxylic acids is 1.